The number of hydrogen-bond donors (Lipinski definition) is 2. The van der Waals surface area contributed by atoms with Gasteiger partial charge in [0, 0.05) is 23.1 Å². The lowest BCUT2D eigenvalue weighted by atomic mass is 10.2. The predicted octanol–water partition coefficient (Wildman–Crippen LogP) is 3.91. The van der Waals surface area contributed by atoms with Crippen LogP contribution in [0.5, 0.6) is 11.5 Å². The molecule has 3 aromatic rings. The number of carbonyl (C=O) groups is 1. The molecule has 2 N–H and O–H groups in total. The maximum Gasteiger partial charge on any atom is 0.246 e. The van der Waals surface area contributed by atoms with E-state index in [0.717, 1.165) is 22.2 Å². The average Bonchev–Trinajstić information content (AvgIpc) is 2.84. The molecule has 146 valence electrons. The molecule has 8 heteroatoms. The fourth-order valence-corrected chi connectivity index (χ4v) is 4.05. The number of fused-ring (bicyclic) bond motifs is 2. The molecule has 28 heavy (non-hydrogen) atoms. The Morgan fingerprint density at radius 2 is 1.96 bits per heavy atom. The summed E-state index contributed by atoms with van der Waals surface area (Å²) >= 11 is 1.63. The van der Waals surface area contributed by atoms with Gasteiger partial charge in [-0.1, -0.05) is 0 Å². The quantitative estimate of drug-likeness (QED) is 0.693. The molecule has 4 rings (SSSR count). The van der Waals surface area contributed by atoms with Crippen LogP contribution in [0.3, 0.4) is 0 Å². The van der Waals surface area contributed by atoms with Crippen LogP contribution in [-0.4, -0.2) is 35.1 Å². The first kappa shape index (κ1) is 18.5. The Balaban J connectivity index is 1.49. The molecule has 0 aliphatic carbocycles. The highest BCUT2D eigenvalue weighted by atomic mass is 32.1. The van der Waals surface area contributed by atoms with Crippen LogP contribution >= 0.6 is 11.3 Å². The number of aromatic nitrogens is 2. The van der Waals surface area contributed by atoms with Gasteiger partial charge in [0.1, 0.15) is 23.0 Å². The zero-order valence-corrected chi connectivity index (χ0v) is 16.9. The number of thiophene rings is 1. The zero-order chi connectivity index (χ0) is 19.7. The molecule has 1 amide bonds. The molecular weight excluding hydrogens is 376 g/mol. The largest absolute Gasteiger partial charge is 0.490 e. The van der Waals surface area contributed by atoms with Gasteiger partial charge in [-0.2, -0.15) is 0 Å². The number of nitrogens with one attached hydrogen (secondary N) is 2. The molecule has 1 atom stereocenters. The second-order valence-corrected chi connectivity index (χ2v) is 7.96. The summed E-state index contributed by atoms with van der Waals surface area (Å²) in [5.41, 5.74) is 1.80. The molecule has 3 heterocycles. The van der Waals surface area contributed by atoms with Crippen molar-refractivity contribution in [2.24, 2.45) is 0 Å². The van der Waals surface area contributed by atoms with Gasteiger partial charge in [-0.25, -0.2) is 9.97 Å². The highest BCUT2D eigenvalue weighted by Crippen LogP contribution is 2.34. The standard InChI is InChI=1S/C20H22N4O3S/c1-11-13(3)28-20-17(11)18(21-10-22-20)23-12(2)19(25)24-14-5-6-15-16(9-14)27-8-4-7-26-15/h5-6,9-10,12H,4,7-8H2,1-3H3,(H,24,25)(H,21,22,23). The van der Waals surface area contributed by atoms with E-state index in [0.29, 0.717) is 36.2 Å². The van der Waals surface area contributed by atoms with Crippen molar-refractivity contribution in [1.29, 1.82) is 0 Å². The molecule has 0 radical (unpaired) electrons. The van der Waals surface area contributed by atoms with E-state index in [1.807, 2.05) is 19.1 Å². The van der Waals surface area contributed by atoms with Crippen molar-refractivity contribution in [3.05, 3.63) is 35.0 Å². The first-order valence-electron chi connectivity index (χ1n) is 9.20. The van der Waals surface area contributed by atoms with Gasteiger partial charge in [0.2, 0.25) is 5.91 Å². The predicted molar refractivity (Wildman–Crippen MR) is 111 cm³/mol. The molecule has 1 aliphatic heterocycles. The Morgan fingerprint density at radius 3 is 2.79 bits per heavy atom. The summed E-state index contributed by atoms with van der Waals surface area (Å²) in [6.07, 6.45) is 2.36. The Bertz CT molecular complexity index is 1030. The second kappa shape index (κ2) is 7.63. The van der Waals surface area contributed by atoms with Gasteiger partial charge in [-0.05, 0) is 38.5 Å². The highest BCUT2D eigenvalue weighted by molar-refractivity contribution is 7.18. The Labute approximate surface area is 167 Å². The molecule has 1 unspecified atom stereocenters. The van der Waals surface area contributed by atoms with E-state index in [9.17, 15) is 4.79 Å². The van der Waals surface area contributed by atoms with Gasteiger partial charge < -0.3 is 20.1 Å². The van der Waals surface area contributed by atoms with Crippen molar-refractivity contribution in [3.8, 4) is 11.5 Å². The lowest BCUT2D eigenvalue weighted by Gasteiger charge is -2.16. The first-order valence-corrected chi connectivity index (χ1v) is 10.0. The van der Waals surface area contributed by atoms with E-state index in [-0.39, 0.29) is 5.91 Å². The topological polar surface area (TPSA) is 85.4 Å². The van der Waals surface area contributed by atoms with Crippen LogP contribution in [0, 0.1) is 13.8 Å². The van der Waals surface area contributed by atoms with Crippen LogP contribution in [-0.2, 0) is 4.79 Å². The van der Waals surface area contributed by atoms with Gasteiger partial charge in [-0.3, -0.25) is 4.79 Å². The number of ether oxygens (including phenoxy) is 2. The van der Waals surface area contributed by atoms with Crippen LogP contribution in [0.15, 0.2) is 24.5 Å². The minimum atomic E-state index is -0.478. The van der Waals surface area contributed by atoms with Gasteiger partial charge >= 0.3 is 0 Å². The highest BCUT2D eigenvalue weighted by Gasteiger charge is 2.19. The van der Waals surface area contributed by atoms with E-state index >= 15 is 0 Å². The van der Waals surface area contributed by atoms with Crippen molar-refractivity contribution in [2.45, 2.75) is 33.2 Å². The maximum absolute atomic E-state index is 12.7. The molecule has 2 aromatic heterocycles. The smallest absolute Gasteiger partial charge is 0.246 e. The third-order valence-corrected chi connectivity index (χ3v) is 5.84. The number of amides is 1. The number of aryl methyl sites for hydroxylation is 2. The fraction of sp³-hybridized carbons (Fsp3) is 0.350. The molecule has 0 fully saturated rings. The van der Waals surface area contributed by atoms with Gasteiger partial charge in [-0.15, -0.1) is 11.3 Å². The van der Waals surface area contributed by atoms with E-state index in [1.54, 1.807) is 24.3 Å². The molecule has 1 aromatic carbocycles. The normalized spacial score (nSPS) is 14.4. The Hall–Kier alpha value is -2.87. The minimum Gasteiger partial charge on any atom is -0.490 e. The van der Waals surface area contributed by atoms with Crippen LogP contribution in [0.4, 0.5) is 11.5 Å². The molecular formula is C20H22N4O3S. The van der Waals surface area contributed by atoms with Crippen molar-refractivity contribution in [3.63, 3.8) is 0 Å². The monoisotopic (exact) mass is 398 g/mol. The van der Waals surface area contributed by atoms with E-state index in [4.69, 9.17) is 9.47 Å². The van der Waals surface area contributed by atoms with Crippen LogP contribution in [0.1, 0.15) is 23.8 Å². The number of carbonyl (C=O) groups excluding carboxylic acids is 1. The summed E-state index contributed by atoms with van der Waals surface area (Å²) in [6, 6.07) is 4.95. The molecule has 1 aliphatic rings. The third kappa shape index (κ3) is 3.60. The number of hydrogen-bond acceptors (Lipinski definition) is 7. The van der Waals surface area contributed by atoms with Crippen LogP contribution in [0.2, 0.25) is 0 Å². The lowest BCUT2D eigenvalue weighted by Crippen LogP contribution is -2.32. The lowest BCUT2D eigenvalue weighted by molar-refractivity contribution is -0.116. The minimum absolute atomic E-state index is 0.161. The summed E-state index contributed by atoms with van der Waals surface area (Å²) in [6.45, 7) is 7.15. The summed E-state index contributed by atoms with van der Waals surface area (Å²) in [5, 5.41) is 7.11. The first-order chi connectivity index (χ1) is 13.5. The van der Waals surface area contributed by atoms with Crippen molar-refractivity contribution in [1.82, 2.24) is 9.97 Å². The Morgan fingerprint density at radius 1 is 1.18 bits per heavy atom. The molecule has 0 spiro atoms. The van der Waals surface area contributed by atoms with Gasteiger partial charge in [0.25, 0.3) is 0 Å². The number of benzene rings is 1. The van der Waals surface area contributed by atoms with Crippen molar-refractivity contribution in [2.75, 3.05) is 23.8 Å². The molecule has 7 nitrogen and oxygen atoms in total. The summed E-state index contributed by atoms with van der Waals surface area (Å²) < 4.78 is 11.3. The summed E-state index contributed by atoms with van der Waals surface area (Å²) in [7, 11) is 0. The average molecular weight is 398 g/mol. The number of rotatable bonds is 4. The summed E-state index contributed by atoms with van der Waals surface area (Å²) in [5.74, 6) is 1.87. The van der Waals surface area contributed by atoms with Gasteiger partial charge in [0.15, 0.2) is 11.5 Å². The van der Waals surface area contributed by atoms with E-state index in [2.05, 4.69) is 27.5 Å². The fourth-order valence-electron chi connectivity index (χ4n) is 3.05. The molecule has 0 saturated heterocycles. The van der Waals surface area contributed by atoms with Crippen molar-refractivity contribution >= 4 is 39.0 Å². The Kier molecular flexibility index (Phi) is 5.04. The van der Waals surface area contributed by atoms with Gasteiger partial charge in [0.05, 0.1) is 18.6 Å². The maximum atomic E-state index is 12.7. The van der Waals surface area contributed by atoms with Crippen molar-refractivity contribution < 1.29 is 14.3 Å². The molecule has 0 saturated carbocycles. The van der Waals surface area contributed by atoms with E-state index in [1.165, 1.54) is 11.2 Å². The SMILES string of the molecule is Cc1sc2ncnc(NC(C)C(=O)Nc3ccc4c(c3)OCCCO4)c2c1C. The molecule has 0 bridgehead atoms. The van der Waals surface area contributed by atoms with E-state index < -0.39 is 6.04 Å². The van der Waals surface area contributed by atoms with Crippen LogP contribution in [0.25, 0.3) is 10.2 Å². The summed E-state index contributed by atoms with van der Waals surface area (Å²) in [4.78, 5) is 23.5. The zero-order valence-electron chi connectivity index (χ0n) is 16.0. The number of anilines is 2. The third-order valence-electron chi connectivity index (χ3n) is 4.73. The van der Waals surface area contributed by atoms with Crippen LogP contribution < -0.4 is 20.1 Å². The number of nitrogens with zero attached hydrogens (tertiary/aromatic N) is 2. The second-order valence-electron chi connectivity index (χ2n) is 6.75.